The third kappa shape index (κ3) is 6.05. The van der Waals surface area contributed by atoms with Gasteiger partial charge in [-0.05, 0) is 30.7 Å². The van der Waals surface area contributed by atoms with Gasteiger partial charge in [0.1, 0.15) is 0 Å². The number of carbonyl (C=O) groups is 3. The van der Waals surface area contributed by atoms with Gasteiger partial charge in [-0.2, -0.15) is 0 Å². The SMILES string of the molecule is CCC(=O)Nc1ccc(NC(=O)C(N)CCC(=O)O)cc1. The number of aliphatic carboxylic acids is 1. The van der Waals surface area contributed by atoms with E-state index in [2.05, 4.69) is 10.6 Å². The Hall–Kier alpha value is -2.41. The van der Waals surface area contributed by atoms with E-state index in [9.17, 15) is 14.4 Å². The first-order valence-electron chi connectivity index (χ1n) is 6.60. The van der Waals surface area contributed by atoms with Crippen LogP contribution < -0.4 is 16.4 Å². The summed E-state index contributed by atoms with van der Waals surface area (Å²) >= 11 is 0. The van der Waals surface area contributed by atoms with Crippen LogP contribution in [-0.4, -0.2) is 28.9 Å². The molecule has 0 radical (unpaired) electrons. The van der Waals surface area contributed by atoms with E-state index in [-0.39, 0.29) is 18.7 Å². The molecule has 1 rings (SSSR count). The number of benzene rings is 1. The molecule has 0 aliphatic heterocycles. The zero-order valence-electron chi connectivity index (χ0n) is 11.8. The molecule has 0 fully saturated rings. The fourth-order valence-electron chi connectivity index (χ4n) is 1.53. The van der Waals surface area contributed by atoms with Crippen molar-refractivity contribution in [2.45, 2.75) is 32.2 Å². The molecule has 0 aromatic heterocycles. The minimum atomic E-state index is -0.991. The van der Waals surface area contributed by atoms with Crippen LogP contribution in [0.5, 0.6) is 0 Å². The van der Waals surface area contributed by atoms with Crippen molar-refractivity contribution < 1.29 is 19.5 Å². The van der Waals surface area contributed by atoms with Gasteiger partial charge in [0.25, 0.3) is 0 Å². The molecule has 0 saturated heterocycles. The highest BCUT2D eigenvalue weighted by Gasteiger charge is 2.14. The Labute approximate surface area is 122 Å². The lowest BCUT2D eigenvalue weighted by Gasteiger charge is -2.11. The van der Waals surface area contributed by atoms with Gasteiger partial charge >= 0.3 is 5.97 Å². The zero-order valence-corrected chi connectivity index (χ0v) is 11.8. The summed E-state index contributed by atoms with van der Waals surface area (Å²) < 4.78 is 0. The molecule has 1 atom stereocenters. The highest BCUT2D eigenvalue weighted by molar-refractivity contribution is 5.95. The Morgan fingerprint density at radius 2 is 1.67 bits per heavy atom. The molecule has 21 heavy (non-hydrogen) atoms. The van der Waals surface area contributed by atoms with Crippen molar-refractivity contribution in [3.63, 3.8) is 0 Å². The van der Waals surface area contributed by atoms with E-state index in [4.69, 9.17) is 10.8 Å². The van der Waals surface area contributed by atoms with Crippen molar-refractivity contribution in [2.75, 3.05) is 10.6 Å². The maximum absolute atomic E-state index is 11.7. The predicted octanol–water partition coefficient (Wildman–Crippen LogP) is 1.17. The first kappa shape index (κ1) is 16.6. The normalized spacial score (nSPS) is 11.5. The average molecular weight is 293 g/mol. The van der Waals surface area contributed by atoms with Crippen molar-refractivity contribution >= 4 is 29.2 Å². The van der Waals surface area contributed by atoms with E-state index < -0.39 is 17.9 Å². The first-order valence-corrected chi connectivity index (χ1v) is 6.60. The predicted molar refractivity (Wildman–Crippen MR) is 78.8 cm³/mol. The lowest BCUT2D eigenvalue weighted by atomic mass is 10.1. The van der Waals surface area contributed by atoms with E-state index in [1.807, 2.05) is 0 Å². The fourth-order valence-corrected chi connectivity index (χ4v) is 1.53. The van der Waals surface area contributed by atoms with Gasteiger partial charge in [0.05, 0.1) is 6.04 Å². The number of amides is 2. The molecule has 0 spiro atoms. The summed E-state index contributed by atoms with van der Waals surface area (Å²) in [6.07, 6.45) is 0.305. The summed E-state index contributed by atoms with van der Waals surface area (Å²) in [6.45, 7) is 1.75. The summed E-state index contributed by atoms with van der Waals surface area (Å²) in [6, 6.07) is 5.71. The molecule has 7 heteroatoms. The number of nitrogens with two attached hydrogens (primary N) is 1. The zero-order chi connectivity index (χ0) is 15.8. The van der Waals surface area contributed by atoms with Crippen LogP contribution in [0.2, 0.25) is 0 Å². The smallest absolute Gasteiger partial charge is 0.303 e. The minimum absolute atomic E-state index is 0.0752. The molecular weight excluding hydrogens is 274 g/mol. The molecule has 1 aromatic rings. The van der Waals surface area contributed by atoms with Crippen LogP contribution in [-0.2, 0) is 14.4 Å². The minimum Gasteiger partial charge on any atom is -0.481 e. The van der Waals surface area contributed by atoms with Crippen LogP contribution in [0.25, 0.3) is 0 Å². The Bertz CT molecular complexity index is 513. The molecule has 1 unspecified atom stereocenters. The van der Waals surface area contributed by atoms with Crippen LogP contribution in [0.3, 0.4) is 0 Å². The lowest BCUT2D eigenvalue weighted by Crippen LogP contribution is -2.36. The standard InChI is InChI=1S/C14H19N3O4/c1-2-12(18)16-9-3-5-10(6-4-9)17-14(21)11(15)7-8-13(19)20/h3-6,11H,2,7-8,15H2,1H3,(H,16,18)(H,17,21)(H,19,20). The topological polar surface area (TPSA) is 122 Å². The number of carbonyl (C=O) groups excluding carboxylic acids is 2. The summed E-state index contributed by atoms with van der Waals surface area (Å²) in [5.41, 5.74) is 6.76. The largest absolute Gasteiger partial charge is 0.481 e. The first-order chi connectivity index (χ1) is 9.92. The fraction of sp³-hybridized carbons (Fsp3) is 0.357. The lowest BCUT2D eigenvalue weighted by molar-refractivity contribution is -0.137. The number of anilines is 2. The summed E-state index contributed by atoms with van der Waals surface area (Å²) in [7, 11) is 0. The number of carboxylic acids is 1. The third-order valence-electron chi connectivity index (χ3n) is 2.76. The second-order valence-corrected chi connectivity index (χ2v) is 4.51. The van der Waals surface area contributed by atoms with Gasteiger partial charge in [-0.25, -0.2) is 0 Å². The molecule has 114 valence electrons. The molecule has 2 amide bonds. The van der Waals surface area contributed by atoms with Gasteiger partial charge in [0, 0.05) is 24.2 Å². The van der Waals surface area contributed by atoms with E-state index in [1.54, 1.807) is 31.2 Å². The van der Waals surface area contributed by atoms with Crippen molar-refractivity contribution in [3.8, 4) is 0 Å². The number of hydrogen-bond acceptors (Lipinski definition) is 4. The molecular formula is C14H19N3O4. The van der Waals surface area contributed by atoms with Crippen molar-refractivity contribution in [1.29, 1.82) is 0 Å². The molecule has 0 saturated carbocycles. The maximum Gasteiger partial charge on any atom is 0.303 e. The van der Waals surface area contributed by atoms with Gasteiger partial charge < -0.3 is 21.5 Å². The van der Waals surface area contributed by atoms with Gasteiger partial charge in [0.15, 0.2) is 0 Å². The van der Waals surface area contributed by atoms with Crippen LogP contribution in [0.1, 0.15) is 26.2 Å². The molecule has 5 N–H and O–H groups in total. The van der Waals surface area contributed by atoms with Gasteiger partial charge in [-0.3, -0.25) is 14.4 Å². The van der Waals surface area contributed by atoms with Gasteiger partial charge in [-0.15, -0.1) is 0 Å². The van der Waals surface area contributed by atoms with Crippen LogP contribution >= 0.6 is 0 Å². The summed E-state index contributed by atoms with van der Waals surface area (Å²) in [4.78, 5) is 33.4. The highest BCUT2D eigenvalue weighted by atomic mass is 16.4. The highest BCUT2D eigenvalue weighted by Crippen LogP contribution is 2.14. The van der Waals surface area contributed by atoms with Crippen LogP contribution in [0.15, 0.2) is 24.3 Å². The number of rotatable bonds is 7. The second-order valence-electron chi connectivity index (χ2n) is 4.51. The van der Waals surface area contributed by atoms with Crippen molar-refractivity contribution in [3.05, 3.63) is 24.3 Å². The van der Waals surface area contributed by atoms with E-state index in [1.165, 1.54) is 0 Å². The van der Waals surface area contributed by atoms with E-state index in [0.29, 0.717) is 17.8 Å². The molecule has 0 aliphatic rings. The second kappa shape index (κ2) is 8.01. The number of hydrogen-bond donors (Lipinski definition) is 4. The van der Waals surface area contributed by atoms with Gasteiger partial charge in [0.2, 0.25) is 11.8 Å². The molecule has 0 aliphatic carbocycles. The maximum atomic E-state index is 11.7. The van der Waals surface area contributed by atoms with E-state index >= 15 is 0 Å². The van der Waals surface area contributed by atoms with Crippen molar-refractivity contribution in [1.82, 2.24) is 0 Å². The monoisotopic (exact) mass is 293 g/mol. The Kier molecular flexibility index (Phi) is 6.35. The van der Waals surface area contributed by atoms with Gasteiger partial charge in [-0.1, -0.05) is 6.92 Å². The Morgan fingerprint density at radius 3 is 2.14 bits per heavy atom. The summed E-state index contributed by atoms with van der Waals surface area (Å²) in [5, 5.41) is 13.8. The van der Waals surface area contributed by atoms with Crippen molar-refractivity contribution in [2.24, 2.45) is 5.73 Å². The van der Waals surface area contributed by atoms with E-state index in [0.717, 1.165) is 0 Å². The molecule has 7 nitrogen and oxygen atoms in total. The molecule has 0 heterocycles. The third-order valence-corrected chi connectivity index (χ3v) is 2.76. The van der Waals surface area contributed by atoms with Crippen LogP contribution in [0, 0.1) is 0 Å². The summed E-state index contributed by atoms with van der Waals surface area (Å²) in [5.74, 6) is -1.53. The number of carboxylic acid groups (broad SMARTS) is 1. The molecule has 0 bridgehead atoms. The van der Waals surface area contributed by atoms with Crippen LogP contribution in [0.4, 0.5) is 11.4 Å². The quantitative estimate of drug-likeness (QED) is 0.601. The number of nitrogens with one attached hydrogen (secondary N) is 2. The molecule has 1 aromatic carbocycles. The average Bonchev–Trinajstić information content (AvgIpc) is 2.46. The Morgan fingerprint density at radius 1 is 1.14 bits per heavy atom. The Balaban J connectivity index is 2.53.